The van der Waals surface area contributed by atoms with E-state index in [-0.39, 0.29) is 5.41 Å². The molecule has 0 saturated heterocycles. The van der Waals surface area contributed by atoms with Crippen molar-refractivity contribution in [3.63, 3.8) is 0 Å². The van der Waals surface area contributed by atoms with Gasteiger partial charge in [-0.2, -0.15) is 5.26 Å². The van der Waals surface area contributed by atoms with Crippen LogP contribution in [0.5, 0.6) is 0 Å². The van der Waals surface area contributed by atoms with Crippen molar-refractivity contribution < 1.29 is 0 Å². The largest absolute Gasteiger partial charge is 0.399 e. The van der Waals surface area contributed by atoms with E-state index in [0.717, 1.165) is 36.9 Å². The molecule has 0 unspecified atom stereocenters. The number of nitrogens with zero attached hydrogens (tertiary/aromatic N) is 1. The predicted octanol–water partition coefficient (Wildman–Crippen LogP) is 3.63. The normalized spacial score (nSPS) is 11.1. The molecule has 0 spiro atoms. The third kappa shape index (κ3) is 2.55. The van der Waals surface area contributed by atoms with Crippen LogP contribution in [0.2, 0.25) is 0 Å². The minimum atomic E-state index is -0.348. The molecule has 0 atom stereocenters. The molecule has 0 aliphatic rings. The van der Waals surface area contributed by atoms with Gasteiger partial charge in [-0.05, 0) is 30.5 Å². The van der Waals surface area contributed by atoms with Crippen molar-refractivity contribution in [1.82, 2.24) is 0 Å². The smallest absolute Gasteiger partial charge is 0.0823 e. The molecule has 0 aliphatic heterocycles. The maximum Gasteiger partial charge on any atom is 0.0823 e. The molecular formula is C14H20N2. The molecule has 0 bridgehead atoms. The minimum absolute atomic E-state index is 0.348. The zero-order valence-corrected chi connectivity index (χ0v) is 10.2. The Bertz CT molecular complexity index is 371. The summed E-state index contributed by atoms with van der Waals surface area (Å²) in [6.45, 7) is 4.24. The fourth-order valence-electron chi connectivity index (χ4n) is 2.28. The summed E-state index contributed by atoms with van der Waals surface area (Å²) in [4.78, 5) is 0. The van der Waals surface area contributed by atoms with Crippen LogP contribution in [-0.4, -0.2) is 0 Å². The van der Waals surface area contributed by atoms with Crippen LogP contribution < -0.4 is 5.73 Å². The summed E-state index contributed by atoms with van der Waals surface area (Å²) in [5.74, 6) is 0. The maximum absolute atomic E-state index is 9.49. The predicted molar refractivity (Wildman–Crippen MR) is 68.0 cm³/mol. The maximum atomic E-state index is 9.49. The first-order valence-electron chi connectivity index (χ1n) is 5.95. The fourth-order valence-corrected chi connectivity index (χ4v) is 2.28. The monoisotopic (exact) mass is 216 g/mol. The summed E-state index contributed by atoms with van der Waals surface area (Å²) >= 11 is 0. The van der Waals surface area contributed by atoms with Crippen molar-refractivity contribution in [1.29, 1.82) is 5.26 Å². The van der Waals surface area contributed by atoms with Crippen LogP contribution in [0.15, 0.2) is 24.3 Å². The van der Waals surface area contributed by atoms with Crippen LogP contribution in [0.1, 0.15) is 45.1 Å². The Hall–Kier alpha value is -1.49. The van der Waals surface area contributed by atoms with Gasteiger partial charge in [0.2, 0.25) is 0 Å². The van der Waals surface area contributed by atoms with Crippen molar-refractivity contribution in [2.24, 2.45) is 0 Å². The second-order valence-corrected chi connectivity index (χ2v) is 4.32. The van der Waals surface area contributed by atoms with Gasteiger partial charge in [0.1, 0.15) is 0 Å². The molecule has 0 saturated carbocycles. The Labute approximate surface area is 98.1 Å². The van der Waals surface area contributed by atoms with Gasteiger partial charge in [0.25, 0.3) is 0 Å². The summed E-state index contributed by atoms with van der Waals surface area (Å²) in [7, 11) is 0. The van der Waals surface area contributed by atoms with E-state index in [1.54, 1.807) is 0 Å². The Kier molecular flexibility index (Phi) is 4.37. The minimum Gasteiger partial charge on any atom is -0.399 e. The lowest BCUT2D eigenvalue weighted by atomic mass is 9.74. The first-order chi connectivity index (χ1) is 7.68. The van der Waals surface area contributed by atoms with E-state index in [1.807, 2.05) is 24.3 Å². The van der Waals surface area contributed by atoms with Crippen LogP contribution in [-0.2, 0) is 5.41 Å². The molecule has 1 aromatic rings. The highest BCUT2D eigenvalue weighted by molar-refractivity contribution is 5.45. The van der Waals surface area contributed by atoms with E-state index in [4.69, 9.17) is 5.73 Å². The Morgan fingerprint density at radius 2 is 1.88 bits per heavy atom. The second kappa shape index (κ2) is 5.55. The highest BCUT2D eigenvalue weighted by Crippen LogP contribution is 2.34. The molecule has 1 aromatic carbocycles. The molecule has 0 amide bonds. The standard InChI is InChI=1S/C14H20N2/c1-3-8-14(11-15,9-4-2)12-6-5-7-13(16)10-12/h5-7,10H,3-4,8-9,16H2,1-2H3. The van der Waals surface area contributed by atoms with Gasteiger partial charge < -0.3 is 5.73 Å². The van der Waals surface area contributed by atoms with Crippen LogP contribution >= 0.6 is 0 Å². The number of nitrogens with two attached hydrogens (primary N) is 1. The van der Waals surface area contributed by atoms with Crippen molar-refractivity contribution in [3.8, 4) is 6.07 Å². The van der Waals surface area contributed by atoms with Gasteiger partial charge in [-0.1, -0.05) is 38.8 Å². The first-order valence-corrected chi connectivity index (χ1v) is 5.95. The van der Waals surface area contributed by atoms with Gasteiger partial charge in [0.15, 0.2) is 0 Å². The Morgan fingerprint density at radius 3 is 2.31 bits per heavy atom. The molecule has 1 rings (SSSR count). The van der Waals surface area contributed by atoms with Crippen LogP contribution in [0.25, 0.3) is 0 Å². The molecule has 2 heteroatoms. The van der Waals surface area contributed by atoms with Gasteiger partial charge in [0, 0.05) is 5.69 Å². The lowest BCUT2D eigenvalue weighted by Crippen LogP contribution is -2.23. The molecule has 0 aliphatic carbocycles. The van der Waals surface area contributed by atoms with Crippen LogP contribution in [0.4, 0.5) is 5.69 Å². The van der Waals surface area contributed by atoms with E-state index < -0.39 is 0 Å². The molecule has 0 aromatic heterocycles. The van der Waals surface area contributed by atoms with E-state index in [0.29, 0.717) is 0 Å². The van der Waals surface area contributed by atoms with Gasteiger partial charge in [-0.3, -0.25) is 0 Å². The highest BCUT2D eigenvalue weighted by Gasteiger charge is 2.30. The van der Waals surface area contributed by atoms with Gasteiger partial charge in [-0.25, -0.2) is 0 Å². The average Bonchev–Trinajstić information content (AvgIpc) is 2.28. The zero-order valence-electron chi connectivity index (χ0n) is 10.2. The quantitative estimate of drug-likeness (QED) is 0.764. The fraction of sp³-hybridized carbons (Fsp3) is 0.500. The SMILES string of the molecule is CCCC(C#N)(CCC)c1cccc(N)c1. The van der Waals surface area contributed by atoms with Crippen LogP contribution in [0.3, 0.4) is 0 Å². The molecule has 2 N–H and O–H groups in total. The Balaban J connectivity index is 3.14. The number of nitrogen functional groups attached to an aromatic ring is 1. The number of hydrogen-bond donors (Lipinski definition) is 1. The van der Waals surface area contributed by atoms with E-state index in [9.17, 15) is 5.26 Å². The summed E-state index contributed by atoms with van der Waals surface area (Å²) in [5, 5.41) is 9.49. The summed E-state index contributed by atoms with van der Waals surface area (Å²) < 4.78 is 0. The lowest BCUT2D eigenvalue weighted by molar-refractivity contribution is 0.453. The van der Waals surface area contributed by atoms with Crippen LogP contribution in [0, 0.1) is 11.3 Å². The molecular weight excluding hydrogens is 196 g/mol. The molecule has 0 fully saturated rings. The molecule has 86 valence electrons. The third-order valence-corrected chi connectivity index (χ3v) is 3.01. The average molecular weight is 216 g/mol. The van der Waals surface area contributed by atoms with E-state index >= 15 is 0 Å². The van der Waals surface area contributed by atoms with E-state index in [1.165, 1.54) is 0 Å². The second-order valence-electron chi connectivity index (χ2n) is 4.32. The topological polar surface area (TPSA) is 49.8 Å². The number of anilines is 1. The Morgan fingerprint density at radius 1 is 1.25 bits per heavy atom. The van der Waals surface area contributed by atoms with Crippen molar-refractivity contribution in [2.75, 3.05) is 5.73 Å². The number of benzene rings is 1. The van der Waals surface area contributed by atoms with Crippen molar-refractivity contribution in [2.45, 2.75) is 44.9 Å². The summed E-state index contributed by atoms with van der Waals surface area (Å²) in [6, 6.07) is 10.3. The summed E-state index contributed by atoms with van der Waals surface area (Å²) in [6.07, 6.45) is 3.84. The highest BCUT2D eigenvalue weighted by atomic mass is 14.5. The van der Waals surface area contributed by atoms with Gasteiger partial charge in [-0.15, -0.1) is 0 Å². The first kappa shape index (κ1) is 12.6. The van der Waals surface area contributed by atoms with Crippen molar-refractivity contribution in [3.05, 3.63) is 29.8 Å². The molecule has 0 heterocycles. The van der Waals surface area contributed by atoms with Gasteiger partial charge >= 0.3 is 0 Å². The number of nitriles is 1. The lowest BCUT2D eigenvalue weighted by Gasteiger charge is -2.26. The molecule has 2 nitrogen and oxygen atoms in total. The van der Waals surface area contributed by atoms with Crippen molar-refractivity contribution >= 4 is 5.69 Å². The number of hydrogen-bond acceptors (Lipinski definition) is 2. The molecule has 16 heavy (non-hydrogen) atoms. The summed E-state index contributed by atoms with van der Waals surface area (Å²) in [5.41, 5.74) is 7.25. The third-order valence-electron chi connectivity index (χ3n) is 3.01. The molecule has 0 radical (unpaired) electrons. The zero-order chi connectivity index (χ0) is 12.0. The number of rotatable bonds is 5. The van der Waals surface area contributed by atoms with Gasteiger partial charge in [0.05, 0.1) is 11.5 Å². The van der Waals surface area contributed by atoms with E-state index in [2.05, 4.69) is 19.9 Å².